The Balaban J connectivity index is 3.23. The van der Waals surface area contributed by atoms with Crippen LogP contribution in [0.2, 0.25) is 0 Å². The molecule has 0 saturated carbocycles. The van der Waals surface area contributed by atoms with E-state index in [9.17, 15) is 13.2 Å². The Kier molecular flexibility index (Phi) is 2.58. The molecular formula is C7H5F3N4. The number of nitrogens with one attached hydrogen (secondary N) is 1. The summed E-state index contributed by atoms with van der Waals surface area (Å²) in [6.45, 7) is 0. The minimum atomic E-state index is -4.54. The zero-order chi connectivity index (χ0) is 10.8. The molecule has 74 valence electrons. The summed E-state index contributed by atoms with van der Waals surface area (Å²) in [4.78, 5) is 3.15. The lowest BCUT2D eigenvalue weighted by molar-refractivity contribution is -0.141. The molecule has 14 heavy (non-hydrogen) atoms. The zero-order valence-corrected chi connectivity index (χ0v) is 6.76. The van der Waals surface area contributed by atoms with Crippen molar-refractivity contribution < 1.29 is 13.2 Å². The predicted octanol–water partition coefficient (Wildman–Crippen LogP) is 1.26. The molecule has 0 aliphatic carbocycles. The smallest absolute Gasteiger partial charge is 0.307 e. The molecule has 0 radical (unpaired) electrons. The zero-order valence-electron chi connectivity index (χ0n) is 6.76. The monoisotopic (exact) mass is 202 g/mol. The minimum Gasteiger partial charge on any atom is -0.307 e. The van der Waals surface area contributed by atoms with Gasteiger partial charge in [-0.15, -0.1) is 0 Å². The fourth-order valence-electron chi connectivity index (χ4n) is 0.817. The Hall–Kier alpha value is -1.81. The van der Waals surface area contributed by atoms with Crippen LogP contribution >= 0.6 is 0 Å². The highest BCUT2D eigenvalue weighted by molar-refractivity contribution is 5.51. The highest BCUT2D eigenvalue weighted by Crippen LogP contribution is 2.28. The van der Waals surface area contributed by atoms with Crippen molar-refractivity contribution in [1.29, 1.82) is 5.26 Å². The summed E-state index contributed by atoms with van der Waals surface area (Å²) < 4.78 is 36.4. The van der Waals surface area contributed by atoms with Gasteiger partial charge in [-0.1, -0.05) is 0 Å². The average molecular weight is 202 g/mol. The molecule has 0 unspecified atom stereocenters. The topological polar surface area (TPSA) is 74.7 Å². The maximum Gasteiger partial charge on any atom is 0.433 e. The molecule has 1 rings (SSSR count). The van der Waals surface area contributed by atoms with Crippen molar-refractivity contribution in [3.63, 3.8) is 0 Å². The van der Waals surface area contributed by atoms with Crippen LogP contribution in [0.15, 0.2) is 12.1 Å². The fraction of sp³-hybridized carbons (Fsp3) is 0.143. The molecule has 0 saturated heterocycles. The first-order valence-corrected chi connectivity index (χ1v) is 3.44. The molecule has 1 aromatic heterocycles. The second kappa shape index (κ2) is 3.51. The van der Waals surface area contributed by atoms with Crippen LogP contribution in [-0.4, -0.2) is 4.98 Å². The molecule has 0 spiro atoms. The quantitative estimate of drug-likeness (QED) is 0.531. The molecule has 7 heteroatoms. The fourth-order valence-corrected chi connectivity index (χ4v) is 0.817. The van der Waals surface area contributed by atoms with E-state index in [1.54, 1.807) is 6.07 Å². The Morgan fingerprint density at radius 3 is 2.50 bits per heavy atom. The summed E-state index contributed by atoms with van der Waals surface area (Å²) in [5.74, 6) is 4.62. The van der Waals surface area contributed by atoms with Crippen molar-refractivity contribution in [2.45, 2.75) is 6.18 Å². The molecule has 0 aliphatic rings. The van der Waals surface area contributed by atoms with Crippen LogP contribution in [0.1, 0.15) is 11.3 Å². The van der Waals surface area contributed by atoms with Gasteiger partial charge in [-0.2, -0.15) is 18.4 Å². The molecule has 1 aromatic rings. The summed E-state index contributed by atoms with van der Waals surface area (Å²) in [6, 6.07) is 3.38. The number of nitrogens with two attached hydrogens (primary N) is 1. The van der Waals surface area contributed by atoms with Crippen molar-refractivity contribution in [2.75, 3.05) is 5.43 Å². The van der Waals surface area contributed by atoms with E-state index in [1.807, 2.05) is 5.43 Å². The van der Waals surface area contributed by atoms with Gasteiger partial charge >= 0.3 is 6.18 Å². The lowest BCUT2D eigenvalue weighted by Crippen LogP contribution is -2.14. The predicted molar refractivity (Wildman–Crippen MR) is 41.8 cm³/mol. The third-order valence-corrected chi connectivity index (χ3v) is 1.44. The number of hydrazine groups is 1. The largest absolute Gasteiger partial charge is 0.433 e. The first kappa shape index (κ1) is 10.3. The summed E-state index contributed by atoms with van der Waals surface area (Å²) in [6.07, 6.45) is -4.54. The average Bonchev–Trinajstić information content (AvgIpc) is 2.15. The standard InChI is InChI=1S/C7H5F3N4/c8-7(9,10)5-2-1-4(3-11)6(13-5)14-12/h1-2H,12H2,(H,13,14). The third-order valence-electron chi connectivity index (χ3n) is 1.44. The van der Waals surface area contributed by atoms with Crippen molar-refractivity contribution in [3.05, 3.63) is 23.4 Å². The van der Waals surface area contributed by atoms with E-state index in [1.165, 1.54) is 0 Å². The lowest BCUT2D eigenvalue weighted by atomic mass is 10.2. The lowest BCUT2D eigenvalue weighted by Gasteiger charge is -2.07. The van der Waals surface area contributed by atoms with Gasteiger partial charge in [0.1, 0.15) is 11.8 Å². The molecule has 3 N–H and O–H groups in total. The number of hydrogen-bond donors (Lipinski definition) is 2. The van der Waals surface area contributed by atoms with Gasteiger partial charge < -0.3 is 5.43 Å². The Morgan fingerprint density at radius 2 is 2.07 bits per heavy atom. The van der Waals surface area contributed by atoms with E-state index < -0.39 is 11.9 Å². The molecule has 0 aromatic carbocycles. The number of alkyl halides is 3. The summed E-state index contributed by atoms with van der Waals surface area (Å²) in [5, 5.41) is 8.48. The number of pyridine rings is 1. The van der Waals surface area contributed by atoms with E-state index in [2.05, 4.69) is 4.98 Å². The maximum atomic E-state index is 12.1. The Bertz CT molecular complexity index is 380. The van der Waals surface area contributed by atoms with Crippen LogP contribution in [0.4, 0.5) is 19.0 Å². The van der Waals surface area contributed by atoms with E-state index in [0.717, 1.165) is 12.1 Å². The number of nitrogens with zero attached hydrogens (tertiary/aromatic N) is 2. The highest BCUT2D eigenvalue weighted by atomic mass is 19.4. The van der Waals surface area contributed by atoms with E-state index >= 15 is 0 Å². The van der Waals surface area contributed by atoms with Gasteiger partial charge in [0, 0.05) is 0 Å². The number of aromatic nitrogens is 1. The van der Waals surface area contributed by atoms with Crippen LogP contribution in [-0.2, 0) is 6.18 Å². The number of rotatable bonds is 1. The molecule has 0 bridgehead atoms. The van der Waals surface area contributed by atoms with E-state index in [-0.39, 0.29) is 11.4 Å². The number of hydrogen-bond acceptors (Lipinski definition) is 4. The molecule has 4 nitrogen and oxygen atoms in total. The van der Waals surface area contributed by atoms with Gasteiger partial charge in [-0.05, 0) is 12.1 Å². The van der Waals surface area contributed by atoms with Gasteiger partial charge in [0.25, 0.3) is 0 Å². The molecule has 0 atom stereocenters. The van der Waals surface area contributed by atoms with Crippen LogP contribution in [0.3, 0.4) is 0 Å². The van der Waals surface area contributed by atoms with Crippen LogP contribution < -0.4 is 11.3 Å². The molecule has 0 fully saturated rings. The number of halogens is 3. The first-order valence-electron chi connectivity index (χ1n) is 3.44. The van der Waals surface area contributed by atoms with Crippen LogP contribution in [0.5, 0.6) is 0 Å². The van der Waals surface area contributed by atoms with Gasteiger partial charge in [-0.25, -0.2) is 10.8 Å². The minimum absolute atomic E-state index is 0.0412. The van der Waals surface area contributed by atoms with Crippen molar-refractivity contribution >= 4 is 5.82 Å². The van der Waals surface area contributed by atoms with E-state index in [4.69, 9.17) is 11.1 Å². The SMILES string of the molecule is N#Cc1ccc(C(F)(F)F)nc1NN. The Morgan fingerprint density at radius 1 is 1.43 bits per heavy atom. The van der Waals surface area contributed by atoms with Crippen LogP contribution in [0, 0.1) is 11.3 Å². The number of nitrogen functional groups attached to an aromatic ring is 1. The number of nitriles is 1. The second-order valence-electron chi connectivity index (χ2n) is 2.35. The van der Waals surface area contributed by atoms with Gasteiger partial charge in [0.2, 0.25) is 0 Å². The van der Waals surface area contributed by atoms with Gasteiger partial charge in [0.15, 0.2) is 5.82 Å². The first-order chi connectivity index (χ1) is 6.49. The van der Waals surface area contributed by atoms with Crippen molar-refractivity contribution in [2.24, 2.45) is 5.84 Å². The molecule has 0 aliphatic heterocycles. The number of anilines is 1. The van der Waals surface area contributed by atoms with E-state index in [0.29, 0.717) is 0 Å². The van der Waals surface area contributed by atoms with Crippen molar-refractivity contribution in [3.8, 4) is 6.07 Å². The molecule has 0 amide bonds. The molecule has 1 heterocycles. The summed E-state index contributed by atoms with van der Waals surface area (Å²) in [7, 11) is 0. The highest BCUT2D eigenvalue weighted by Gasteiger charge is 2.32. The summed E-state index contributed by atoms with van der Waals surface area (Å²) in [5.41, 5.74) is 0.791. The summed E-state index contributed by atoms with van der Waals surface area (Å²) >= 11 is 0. The Labute approximate surface area is 77.1 Å². The van der Waals surface area contributed by atoms with Gasteiger partial charge in [-0.3, -0.25) is 0 Å². The van der Waals surface area contributed by atoms with Crippen LogP contribution in [0.25, 0.3) is 0 Å². The maximum absolute atomic E-state index is 12.1. The molecular weight excluding hydrogens is 197 g/mol. The van der Waals surface area contributed by atoms with Gasteiger partial charge in [0.05, 0.1) is 5.56 Å². The normalized spacial score (nSPS) is 10.8. The second-order valence-corrected chi connectivity index (χ2v) is 2.35. The van der Waals surface area contributed by atoms with Crippen molar-refractivity contribution in [1.82, 2.24) is 4.98 Å². The third kappa shape index (κ3) is 1.92.